The second kappa shape index (κ2) is 3.88. The van der Waals surface area contributed by atoms with Crippen LogP contribution in [-0.2, 0) is 11.8 Å². The quantitative estimate of drug-likeness (QED) is 0.729. The number of nitrogens with one attached hydrogen (secondary N) is 1. The van der Waals surface area contributed by atoms with Crippen molar-refractivity contribution in [3.63, 3.8) is 0 Å². The van der Waals surface area contributed by atoms with Gasteiger partial charge in [-0.05, 0) is 6.92 Å². The van der Waals surface area contributed by atoms with Crippen LogP contribution in [-0.4, -0.2) is 29.9 Å². The number of nitrogen functional groups attached to an aromatic ring is 1. The Morgan fingerprint density at radius 3 is 3.12 bits per heavy atom. The highest BCUT2D eigenvalue weighted by molar-refractivity contribution is 6.02. The van der Waals surface area contributed by atoms with E-state index in [1.54, 1.807) is 24.8 Å². The lowest BCUT2D eigenvalue weighted by molar-refractivity contribution is 0.0517. The van der Waals surface area contributed by atoms with Crippen molar-refractivity contribution in [3.8, 4) is 0 Å². The zero-order valence-electron chi connectivity index (χ0n) is 9.28. The second-order valence-electron chi connectivity index (χ2n) is 3.43. The third-order valence-electron chi connectivity index (χ3n) is 2.45. The molecule has 2 rings (SSSR count). The van der Waals surface area contributed by atoms with Crippen molar-refractivity contribution in [2.45, 2.75) is 6.92 Å². The van der Waals surface area contributed by atoms with Gasteiger partial charge >= 0.3 is 5.97 Å². The highest BCUT2D eigenvalue weighted by Crippen LogP contribution is 2.37. The Labute approximate surface area is 93.1 Å². The van der Waals surface area contributed by atoms with Crippen LogP contribution in [0.1, 0.15) is 17.4 Å². The van der Waals surface area contributed by atoms with Crippen LogP contribution in [0, 0.1) is 0 Å². The fraction of sp³-hybridized carbons (Fsp3) is 0.400. The lowest BCUT2D eigenvalue weighted by atomic mass is 10.3. The van der Waals surface area contributed by atoms with Gasteiger partial charge in [0, 0.05) is 13.3 Å². The van der Waals surface area contributed by atoms with E-state index in [0.717, 1.165) is 0 Å². The molecule has 0 aromatic carbocycles. The summed E-state index contributed by atoms with van der Waals surface area (Å²) in [5.41, 5.74) is 7.34. The van der Waals surface area contributed by atoms with Crippen LogP contribution in [0.4, 0.5) is 17.2 Å². The Morgan fingerprint density at radius 1 is 1.75 bits per heavy atom. The molecule has 0 saturated carbocycles. The summed E-state index contributed by atoms with van der Waals surface area (Å²) >= 11 is 0. The van der Waals surface area contributed by atoms with Crippen molar-refractivity contribution in [1.29, 1.82) is 0 Å². The van der Waals surface area contributed by atoms with Crippen LogP contribution in [0.3, 0.4) is 0 Å². The summed E-state index contributed by atoms with van der Waals surface area (Å²) in [6.45, 7) is 2.70. The van der Waals surface area contributed by atoms with Gasteiger partial charge in [0.25, 0.3) is 0 Å². The summed E-state index contributed by atoms with van der Waals surface area (Å²) < 4.78 is 6.59. The normalized spacial score (nSPS) is 13.1. The van der Waals surface area contributed by atoms with E-state index in [1.165, 1.54) is 0 Å². The number of anilines is 2. The van der Waals surface area contributed by atoms with Crippen LogP contribution in [0.15, 0.2) is 4.99 Å². The Bertz CT molecular complexity index is 462. The minimum Gasteiger partial charge on any atom is -0.461 e. The van der Waals surface area contributed by atoms with E-state index in [1.807, 2.05) is 0 Å². The van der Waals surface area contributed by atoms with Gasteiger partial charge in [-0.15, -0.1) is 0 Å². The number of aliphatic imine (C=N–C) groups is 1. The van der Waals surface area contributed by atoms with Gasteiger partial charge in [-0.3, -0.25) is 0 Å². The first-order valence-electron chi connectivity index (χ1n) is 5.08. The van der Waals surface area contributed by atoms with E-state index in [9.17, 15) is 4.79 Å². The van der Waals surface area contributed by atoms with E-state index in [0.29, 0.717) is 36.0 Å². The van der Waals surface area contributed by atoms with Crippen molar-refractivity contribution in [2.24, 2.45) is 12.0 Å². The first-order chi connectivity index (χ1) is 7.66. The van der Waals surface area contributed by atoms with Gasteiger partial charge in [0.1, 0.15) is 5.69 Å². The number of esters is 1. The standard InChI is InChI=1S/C10H14N4O2/c1-3-16-10(15)8-6(11)7-9(14(8)2)13-5-4-12-7/h5,12H,3-4,11H2,1-2H3. The highest BCUT2D eigenvalue weighted by atomic mass is 16.5. The summed E-state index contributed by atoms with van der Waals surface area (Å²) in [5.74, 6) is 0.237. The number of carbonyl (C=O) groups excluding carboxylic acids is 1. The van der Waals surface area contributed by atoms with Gasteiger partial charge < -0.3 is 20.4 Å². The summed E-state index contributed by atoms with van der Waals surface area (Å²) in [6.07, 6.45) is 1.73. The maximum absolute atomic E-state index is 11.7. The highest BCUT2D eigenvalue weighted by Gasteiger charge is 2.25. The number of carbonyl (C=O) groups is 1. The number of ether oxygens (including phenoxy) is 1. The third kappa shape index (κ3) is 1.42. The molecule has 0 atom stereocenters. The molecule has 0 amide bonds. The number of fused-ring (bicyclic) bond motifs is 1. The molecule has 86 valence electrons. The third-order valence-corrected chi connectivity index (χ3v) is 2.45. The average Bonchev–Trinajstić information content (AvgIpc) is 2.53. The largest absolute Gasteiger partial charge is 0.461 e. The number of hydrogen-bond acceptors (Lipinski definition) is 5. The lowest BCUT2D eigenvalue weighted by Gasteiger charge is -2.08. The molecule has 6 heteroatoms. The smallest absolute Gasteiger partial charge is 0.357 e. The second-order valence-corrected chi connectivity index (χ2v) is 3.43. The Hall–Kier alpha value is -1.98. The summed E-state index contributed by atoms with van der Waals surface area (Å²) in [5, 5.41) is 3.09. The first kappa shape index (κ1) is 10.5. The molecule has 1 aliphatic rings. The van der Waals surface area contributed by atoms with Gasteiger partial charge in [0.15, 0.2) is 11.5 Å². The van der Waals surface area contributed by atoms with Crippen molar-refractivity contribution < 1.29 is 9.53 Å². The van der Waals surface area contributed by atoms with Gasteiger partial charge in [0.05, 0.1) is 18.8 Å². The SMILES string of the molecule is CCOC(=O)c1c(N)c2c(n1C)N=CCN2. The summed E-state index contributed by atoms with van der Waals surface area (Å²) in [4.78, 5) is 15.9. The number of rotatable bonds is 2. The molecule has 0 aliphatic carbocycles. The number of hydrogen-bond donors (Lipinski definition) is 2. The Balaban J connectivity index is 2.51. The summed E-state index contributed by atoms with van der Waals surface area (Å²) in [7, 11) is 1.74. The Kier molecular flexibility index (Phi) is 2.55. The molecule has 0 unspecified atom stereocenters. The molecule has 1 aliphatic heterocycles. The molecule has 1 aromatic rings. The molecular weight excluding hydrogens is 208 g/mol. The molecule has 0 radical (unpaired) electrons. The number of nitrogens with two attached hydrogens (primary N) is 1. The molecule has 2 heterocycles. The lowest BCUT2D eigenvalue weighted by Crippen LogP contribution is -2.11. The molecule has 1 aromatic heterocycles. The molecule has 16 heavy (non-hydrogen) atoms. The van der Waals surface area contributed by atoms with Gasteiger partial charge in [0.2, 0.25) is 0 Å². The molecule has 0 saturated heterocycles. The maximum Gasteiger partial charge on any atom is 0.357 e. The minimum absolute atomic E-state index is 0.324. The van der Waals surface area contributed by atoms with E-state index >= 15 is 0 Å². The predicted octanol–water partition coefficient (Wildman–Crippen LogP) is 0.912. The molecule has 0 bridgehead atoms. The average molecular weight is 222 g/mol. The summed E-state index contributed by atoms with van der Waals surface area (Å²) in [6, 6.07) is 0. The fourth-order valence-corrected chi connectivity index (χ4v) is 1.74. The molecule has 3 N–H and O–H groups in total. The fourth-order valence-electron chi connectivity index (χ4n) is 1.74. The Morgan fingerprint density at radius 2 is 2.50 bits per heavy atom. The van der Waals surface area contributed by atoms with E-state index in [2.05, 4.69) is 10.3 Å². The molecule has 6 nitrogen and oxygen atoms in total. The zero-order valence-corrected chi connectivity index (χ0v) is 9.28. The molecule has 0 spiro atoms. The first-order valence-corrected chi connectivity index (χ1v) is 5.08. The van der Waals surface area contributed by atoms with Crippen LogP contribution in [0.5, 0.6) is 0 Å². The van der Waals surface area contributed by atoms with E-state index in [4.69, 9.17) is 10.5 Å². The zero-order chi connectivity index (χ0) is 11.7. The van der Waals surface area contributed by atoms with Gasteiger partial charge in [-0.2, -0.15) is 0 Å². The minimum atomic E-state index is -0.422. The number of aromatic nitrogens is 1. The van der Waals surface area contributed by atoms with Crippen molar-refractivity contribution in [2.75, 3.05) is 24.2 Å². The number of nitrogens with zero attached hydrogens (tertiary/aromatic N) is 2. The van der Waals surface area contributed by atoms with Crippen molar-refractivity contribution in [3.05, 3.63) is 5.69 Å². The van der Waals surface area contributed by atoms with Gasteiger partial charge in [-0.1, -0.05) is 0 Å². The monoisotopic (exact) mass is 222 g/mol. The van der Waals surface area contributed by atoms with E-state index in [-0.39, 0.29) is 0 Å². The van der Waals surface area contributed by atoms with Crippen molar-refractivity contribution >= 4 is 29.4 Å². The maximum atomic E-state index is 11.7. The van der Waals surface area contributed by atoms with Gasteiger partial charge in [-0.25, -0.2) is 9.79 Å². The van der Waals surface area contributed by atoms with E-state index < -0.39 is 5.97 Å². The van der Waals surface area contributed by atoms with Crippen LogP contribution < -0.4 is 11.1 Å². The molecule has 0 fully saturated rings. The van der Waals surface area contributed by atoms with Crippen LogP contribution in [0.25, 0.3) is 0 Å². The van der Waals surface area contributed by atoms with Crippen LogP contribution in [0.2, 0.25) is 0 Å². The van der Waals surface area contributed by atoms with Crippen molar-refractivity contribution in [1.82, 2.24) is 4.57 Å². The molecular formula is C10H14N4O2. The predicted molar refractivity (Wildman–Crippen MR) is 62.4 cm³/mol. The topological polar surface area (TPSA) is 81.6 Å². The van der Waals surface area contributed by atoms with Crippen LogP contribution >= 0.6 is 0 Å².